The van der Waals surface area contributed by atoms with Gasteiger partial charge in [-0.15, -0.1) is 0 Å². The largest absolute Gasteiger partial charge is 0.368 e. The Labute approximate surface area is 173 Å². The first-order chi connectivity index (χ1) is 14.2. The number of anilines is 3. The van der Waals surface area contributed by atoms with Crippen molar-refractivity contribution in [3.63, 3.8) is 0 Å². The first-order valence-corrected chi connectivity index (χ1v) is 10.4. The summed E-state index contributed by atoms with van der Waals surface area (Å²) < 4.78 is 0. The molecule has 0 N–H and O–H groups in total. The number of hydrogen-bond donors (Lipinski definition) is 0. The number of benzene rings is 2. The first kappa shape index (κ1) is 19.2. The van der Waals surface area contributed by atoms with E-state index >= 15 is 0 Å². The van der Waals surface area contributed by atoms with E-state index in [1.165, 1.54) is 11.3 Å². The van der Waals surface area contributed by atoms with Crippen LogP contribution in [-0.2, 0) is 6.54 Å². The normalized spacial score (nSPS) is 14.3. The van der Waals surface area contributed by atoms with Crippen LogP contribution in [0, 0.1) is 0 Å². The molecule has 0 saturated carbocycles. The lowest BCUT2D eigenvalue weighted by molar-refractivity contribution is 0.643. The van der Waals surface area contributed by atoms with Gasteiger partial charge in [0.2, 0.25) is 0 Å². The molecule has 4 rings (SSSR count). The highest BCUT2D eigenvalue weighted by Crippen LogP contribution is 2.23. The molecule has 0 aliphatic carbocycles. The van der Waals surface area contributed by atoms with Crippen molar-refractivity contribution in [2.75, 3.05) is 40.9 Å². The van der Waals surface area contributed by atoms with Crippen molar-refractivity contribution in [2.24, 2.45) is 0 Å². The van der Waals surface area contributed by atoms with Crippen molar-refractivity contribution < 1.29 is 0 Å². The van der Waals surface area contributed by atoms with Crippen LogP contribution in [0.1, 0.15) is 19.4 Å². The second-order valence-corrected chi connectivity index (χ2v) is 7.75. The number of rotatable bonds is 6. The van der Waals surface area contributed by atoms with Gasteiger partial charge in [0.15, 0.2) is 0 Å². The van der Waals surface area contributed by atoms with E-state index in [1.54, 1.807) is 6.33 Å². The average Bonchev–Trinajstić information content (AvgIpc) is 2.79. The van der Waals surface area contributed by atoms with Crippen LogP contribution in [0.25, 0.3) is 0 Å². The van der Waals surface area contributed by atoms with Gasteiger partial charge in [0, 0.05) is 50.5 Å². The Bertz CT molecular complexity index is 889. The Morgan fingerprint density at radius 3 is 2.10 bits per heavy atom. The molecule has 2 aromatic carbocycles. The van der Waals surface area contributed by atoms with E-state index in [4.69, 9.17) is 0 Å². The van der Waals surface area contributed by atoms with Gasteiger partial charge in [-0.3, -0.25) is 0 Å². The third-order valence-corrected chi connectivity index (χ3v) is 5.48. The molecule has 0 radical (unpaired) electrons. The van der Waals surface area contributed by atoms with Crippen LogP contribution >= 0.6 is 0 Å². The number of hydrogen-bond acceptors (Lipinski definition) is 5. The molecule has 150 valence electrons. The summed E-state index contributed by atoms with van der Waals surface area (Å²) in [7, 11) is 0. The zero-order valence-electron chi connectivity index (χ0n) is 17.3. The Balaban J connectivity index is 1.47. The molecular weight excluding hydrogens is 358 g/mol. The number of nitrogens with zero attached hydrogens (tertiary/aromatic N) is 5. The van der Waals surface area contributed by atoms with Crippen LogP contribution in [0.4, 0.5) is 17.3 Å². The summed E-state index contributed by atoms with van der Waals surface area (Å²) >= 11 is 0. The van der Waals surface area contributed by atoms with Crippen molar-refractivity contribution in [1.82, 2.24) is 9.97 Å². The molecule has 0 bridgehead atoms. The molecule has 1 aromatic heterocycles. The van der Waals surface area contributed by atoms with Gasteiger partial charge in [-0.2, -0.15) is 0 Å². The minimum atomic E-state index is 0.355. The van der Waals surface area contributed by atoms with Crippen molar-refractivity contribution in [1.29, 1.82) is 0 Å². The standard InChI is InChI=1S/C24H29N5/c1-20(2)29(18-21-9-5-3-6-10-21)24-17-23(25-19-26-24)28-15-13-27(14-16-28)22-11-7-4-8-12-22/h3-12,17,19-20H,13-16,18H2,1-2H3. The van der Waals surface area contributed by atoms with E-state index in [0.717, 1.165) is 44.4 Å². The fourth-order valence-electron chi connectivity index (χ4n) is 3.81. The van der Waals surface area contributed by atoms with E-state index in [1.807, 2.05) is 0 Å². The Hall–Kier alpha value is -3.08. The van der Waals surface area contributed by atoms with E-state index in [0.29, 0.717) is 6.04 Å². The molecule has 5 heteroatoms. The molecule has 1 fully saturated rings. The second kappa shape index (κ2) is 8.95. The summed E-state index contributed by atoms with van der Waals surface area (Å²) in [6, 6.07) is 23.7. The van der Waals surface area contributed by atoms with E-state index in [-0.39, 0.29) is 0 Å². The zero-order chi connectivity index (χ0) is 20.1. The maximum atomic E-state index is 4.59. The lowest BCUT2D eigenvalue weighted by atomic mass is 10.2. The molecule has 2 heterocycles. The number of para-hydroxylation sites is 1. The molecule has 1 saturated heterocycles. The van der Waals surface area contributed by atoms with Gasteiger partial charge in [0.1, 0.15) is 18.0 Å². The van der Waals surface area contributed by atoms with Gasteiger partial charge in [0.25, 0.3) is 0 Å². The summed E-state index contributed by atoms with van der Waals surface area (Å²) in [5.41, 5.74) is 2.59. The summed E-state index contributed by atoms with van der Waals surface area (Å²) in [4.78, 5) is 16.3. The predicted molar refractivity (Wildman–Crippen MR) is 121 cm³/mol. The van der Waals surface area contributed by atoms with Crippen LogP contribution in [0.2, 0.25) is 0 Å². The average molecular weight is 388 g/mol. The highest BCUT2D eigenvalue weighted by atomic mass is 15.3. The lowest BCUT2D eigenvalue weighted by Gasteiger charge is -2.37. The van der Waals surface area contributed by atoms with Gasteiger partial charge in [0.05, 0.1) is 0 Å². The summed E-state index contributed by atoms with van der Waals surface area (Å²) in [5, 5.41) is 0. The van der Waals surface area contributed by atoms with Crippen LogP contribution in [0.3, 0.4) is 0 Å². The Kier molecular flexibility index (Phi) is 5.94. The Morgan fingerprint density at radius 2 is 1.45 bits per heavy atom. The maximum Gasteiger partial charge on any atom is 0.134 e. The number of aromatic nitrogens is 2. The van der Waals surface area contributed by atoms with Gasteiger partial charge in [-0.05, 0) is 31.5 Å². The zero-order valence-corrected chi connectivity index (χ0v) is 17.3. The van der Waals surface area contributed by atoms with Crippen molar-refractivity contribution in [3.8, 4) is 0 Å². The van der Waals surface area contributed by atoms with Crippen molar-refractivity contribution in [2.45, 2.75) is 26.4 Å². The van der Waals surface area contributed by atoms with Gasteiger partial charge in [-0.1, -0.05) is 48.5 Å². The molecule has 5 nitrogen and oxygen atoms in total. The molecule has 0 amide bonds. The highest BCUT2D eigenvalue weighted by molar-refractivity contribution is 5.53. The fourth-order valence-corrected chi connectivity index (χ4v) is 3.81. The quantitative estimate of drug-likeness (QED) is 0.633. The molecule has 1 aliphatic heterocycles. The second-order valence-electron chi connectivity index (χ2n) is 7.75. The SMILES string of the molecule is CC(C)N(Cc1ccccc1)c1cc(N2CCN(c3ccccc3)CC2)ncn1. The third kappa shape index (κ3) is 4.67. The van der Waals surface area contributed by atoms with Gasteiger partial charge >= 0.3 is 0 Å². The molecule has 0 atom stereocenters. The molecular formula is C24H29N5. The molecule has 0 spiro atoms. The van der Waals surface area contributed by atoms with Crippen LogP contribution in [0.15, 0.2) is 73.1 Å². The molecule has 1 aliphatic rings. The minimum absolute atomic E-state index is 0.355. The monoisotopic (exact) mass is 387 g/mol. The minimum Gasteiger partial charge on any atom is -0.368 e. The number of piperazine rings is 1. The van der Waals surface area contributed by atoms with Crippen LogP contribution in [0.5, 0.6) is 0 Å². The molecule has 29 heavy (non-hydrogen) atoms. The maximum absolute atomic E-state index is 4.59. The topological polar surface area (TPSA) is 35.5 Å². The summed E-state index contributed by atoms with van der Waals surface area (Å²) in [6.07, 6.45) is 1.70. The van der Waals surface area contributed by atoms with Crippen LogP contribution in [-0.4, -0.2) is 42.2 Å². The van der Waals surface area contributed by atoms with E-state index in [2.05, 4.69) is 105 Å². The van der Waals surface area contributed by atoms with E-state index < -0.39 is 0 Å². The van der Waals surface area contributed by atoms with E-state index in [9.17, 15) is 0 Å². The first-order valence-electron chi connectivity index (χ1n) is 10.4. The highest BCUT2D eigenvalue weighted by Gasteiger charge is 2.20. The van der Waals surface area contributed by atoms with Crippen LogP contribution < -0.4 is 14.7 Å². The molecule has 3 aromatic rings. The lowest BCUT2D eigenvalue weighted by Crippen LogP contribution is -2.47. The summed E-state index contributed by atoms with van der Waals surface area (Å²) in [5.74, 6) is 2.00. The fraction of sp³-hybridized carbons (Fsp3) is 0.333. The Morgan fingerprint density at radius 1 is 0.828 bits per heavy atom. The predicted octanol–water partition coefficient (Wildman–Crippen LogP) is 4.22. The van der Waals surface area contributed by atoms with Crippen molar-refractivity contribution in [3.05, 3.63) is 78.6 Å². The summed E-state index contributed by atoms with van der Waals surface area (Å²) in [6.45, 7) is 9.20. The van der Waals surface area contributed by atoms with Crippen molar-refractivity contribution >= 4 is 17.3 Å². The smallest absolute Gasteiger partial charge is 0.134 e. The third-order valence-electron chi connectivity index (χ3n) is 5.48. The molecule has 0 unspecified atom stereocenters. The van der Waals surface area contributed by atoms with Gasteiger partial charge in [-0.25, -0.2) is 9.97 Å². The van der Waals surface area contributed by atoms with Gasteiger partial charge < -0.3 is 14.7 Å².